The number of benzene rings is 1. The third-order valence-electron chi connectivity index (χ3n) is 2.91. The molecule has 2 atom stereocenters. The molecule has 1 heterocycles. The molecule has 0 fully saturated rings. The van der Waals surface area contributed by atoms with E-state index in [4.69, 9.17) is 0 Å². The molecule has 1 aromatic carbocycles. The van der Waals surface area contributed by atoms with E-state index in [-0.39, 0.29) is 11.9 Å². The Hall–Kier alpha value is -0.0600. The van der Waals surface area contributed by atoms with Gasteiger partial charge < -0.3 is 5.32 Å². The van der Waals surface area contributed by atoms with Gasteiger partial charge in [-0.2, -0.15) is 11.8 Å². The zero-order chi connectivity index (χ0) is 11.7. The summed E-state index contributed by atoms with van der Waals surface area (Å²) in [5.74, 6) is 0.684. The van der Waals surface area contributed by atoms with Crippen molar-refractivity contribution in [1.29, 1.82) is 0 Å². The molecule has 88 valence electrons. The quantitative estimate of drug-likeness (QED) is 0.890. The van der Waals surface area contributed by atoms with Gasteiger partial charge in [-0.1, -0.05) is 29.8 Å². The molecular formula is C12H15BrFNS. The van der Waals surface area contributed by atoms with Crippen molar-refractivity contribution in [3.63, 3.8) is 0 Å². The van der Waals surface area contributed by atoms with Gasteiger partial charge in [0.15, 0.2) is 0 Å². The largest absolute Gasteiger partial charge is 0.309 e. The maximum atomic E-state index is 13.8. The van der Waals surface area contributed by atoms with Crippen LogP contribution < -0.4 is 5.32 Å². The highest BCUT2D eigenvalue weighted by Crippen LogP contribution is 2.39. The summed E-state index contributed by atoms with van der Waals surface area (Å²) in [4.78, 5) is 0. The van der Waals surface area contributed by atoms with Crippen LogP contribution in [0.1, 0.15) is 31.0 Å². The van der Waals surface area contributed by atoms with Crippen LogP contribution in [0.25, 0.3) is 0 Å². The zero-order valence-corrected chi connectivity index (χ0v) is 11.8. The highest BCUT2D eigenvalue weighted by Gasteiger charge is 2.28. The van der Waals surface area contributed by atoms with Gasteiger partial charge in [0.2, 0.25) is 0 Å². The average molecular weight is 304 g/mol. The van der Waals surface area contributed by atoms with Crippen molar-refractivity contribution in [2.75, 3.05) is 6.54 Å². The first-order chi connectivity index (χ1) is 7.63. The lowest BCUT2D eigenvalue weighted by Crippen LogP contribution is -2.32. The lowest BCUT2D eigenvalue weighted by Gasteiger charge is -2.32. The maximum absolute atomic E-state index is 13.8. The Morgan fingerprint density at radius 3 is 3.00 bits per heavy atom. The topological polar surface area (TPSA) is 12.0 Å². The molecule has 0 bridgehead atoms. The van der Waals surface area contributed by atoms with Crippen LogP contribution in [0, 0.1) is 5.82 Å². The lowest BCUT2D eigenvalue weighted by atomic mass is 9.98. The summed E-state index contributed by atoms with van der Waals surface area (Å²) >= 11 is 5.18. The fourth-order valence-electron chi connectivity index (χ4n) is 2.11. The summed E-state index contributed by atoms with van der Waals surface area (Å²) in [6.07, 6.45) is 0. The van der Waals surface area contributed by atoms with E-state index in [1.165, 1.54) is 0 Å². The second kappa shape index (κ2) is 5.07. The molecule has 16 heavy (non-hydrogen) atoms. The number of hydrogen-bond acceptors (Lipinski definition) is 2. The van der Waals surface area contributed by atoms with Gasteiger partial charge in [-0.05, 0) is 24.2 Å². The van der Waals surface area contributed by atoms with Crippen LogP contribution in [0.4, 0.5) is 4.39 Å². The van der Waals surface area contributed by atoms with Crippen molar-refractivity contribution >= 4 is 27.7 Å². The van der Waals surface area contributed by atoms with Crippen LogP contribution in [0.2, 0.25) is 0 Å². The van der Waals surface area contributed by atoms with E-state index in [9.17, 15) is 4.39 Å². The Bertz CT molecular complexity index is 397. The second-order valence-electron chi connectivity index (χ2n) is 4.01. The van der Waals surface area contributed by atoms with Gasteiger partial charge in [0, 0.05) is 27.1 Å². The summed E-state index contributed by atoms with van der Waals surface area (Å²) in [5, 5.41) is 3.92. The van der Waals surface area contributed by atoms with E-state index in [1.807, 2.05) is 17.8 Å². The second-order valence-corrected chi connectivity index (χ2v) is 6.29. The Labute approximate surface area is 108 Å². The Balaban J connectivity index is 2.45. The van der Waals surface area contributed by atoms with Crippen molar-refractivity contribution in [2.24, 2.45) is 0 Å². The zero-order valence-electron chi connectivity index (χ0n) is 9.39. The minimum Gasteiger partial charge on any atom is -0.309 e. The fourth-order valence-corrected chi connectivity index (χ4v) is 3.73. The van der Waals surface area contributed by atoms with Crippen LogP contribution in [0.15, 0.2) is 16.6 Å². The van der Waals surface area contributed by atoms with Crippen LogP contribution in [0.5, 0.6) is 0 Å². The molecule has 2 rings (SSSR count). The van der Waals surface area contributed by atoms with Gasteiger partial charge in [0.25, 0.3) is 0 Å². The molecule has 4 heteroatoms. The summed E-state index contributed by atoms with van der Waals surface area (Å²) < 4.78 is 14.6. The van der Waals surface area contributed by atoms with Crippen molar-refractivity contribution in [2.45, 2.75) is 30.9 Å². The molecular weight excluding hydrogens is 289 g/mol. The minimum absolute atomic E-state index is 0.0910. The first-order valence-corrected chi connectivity index (χ1v) is 7.30. The summed E-state index contributed by atoms with van der Waals surface area (Å²) in [6, 6.07) is 3.85. The summed E-state index contributed by atoms with van der Waals surface area (Å²) in [7, 11) is 0. The predicted octanol–water partition coefficient (Wildman–Crippen LogP) is 3.87. The van der Waals surface area contributed by atoms with E-state index < -0.39 is 0 Å². The van der Waals surface area contributed by atoms with Crippen LogP contribution >= 0.6 is 27.7 Å². The highest BCUT2D eigenvalue weighted by molar-refractivity contribution is 9.10. The molecule has 0 saturated carbocycles. The summed E-state index contributed by atoms with van der Waals surface area (Å²) in [5.41, 5.74) is 1.97. The molecule has 0 aromatic heterocycles. The minimum atomic E-state index is -0.0910. The third kappa shape index (κ3) is 2.29. The lowest BCUT2D eigenvalue weighted by molar-refractivity contribution is 0.527. The number of thioether (sulfide) groups is 1. The predicted molar refractivity (Wildman–Crippen MR) is 71.3 cm³/mol. The number of rotatable bonds is 2. The third-order valence-corrected chi connectivity index (χ3v) is 4.62. The number of halogens is 2. The van der Waals surface area contributed by atoms with Crippen LogP contribution in [-0.4, -0.2) is 11.8 Å². The molecule has 1 N–H and O–H groups in total. The van der Waals surface area contributed by atoms with Gasteiger partial charge >= 0.3 is 0 Å². The van der Waals surface area contributed by atoms with E-state index in [0.29, 0.717) is 5.25 Å². The van der Waals surface area contributed by atoms with Crippen LogP contribution in [0.3, 0.4) is 0 Å². The van der Waals surface area contributed by atoms with Crippen LogP contribution in [-0.2, 0) is 5.75 Å². The highest BCUT2D eigenvalue weighted by atomic mass is 79.9. The molecule has 0 spiro atoms. The van der Waals surface area contributed by atoms with Gasteiger partial charge in [-0.15, -0.1) is 0 Å². The van der Waals surface area contributed by atoms with E-state index >= 15 is 0 Å². The average Bonchev–Trinajstić information content (AvgIpc) is 2.22. The Kier molecular flexibility index (Phi) is 3.93. The van der Waals surface area contributed by atoms with Gasteiger partial charge in [0.1, 0.15) is 5.82 Å². The molecule has 0 radical (unpaired) electrons. The number of hydrogen-bond donors (Lipinski definition) is 1. The molecule has 1 aromatic rings. The monoisotopic (exact) mass is 303 g/mol. The molecule has 0 amide bonds. The first-order valence-electron chi connectivity index (χ1n) is 5.46. The fraction of sp³-hybridized carbons (Fsp3) is 0.500. The number of nitrogens with one attached hydrogen (secondary N) is 1. The normalized spacial score (nSPS) is 24.2. The molecule has 1 aliphatic heterocycles. The standard InChI is InChI=1S/C12H15BrFNS/c1-3-15-12-7(2)16-6-10-9(12)4-8(13)5-11(10)14/h4-5,7,12,15H,3,6H2,1-2H3. The molecule has 0 aliphatic carbocycles. The molecule has 2 unspecified atom stereocenters. The summed E-state index contributed by atoms with van der Waals surface area (Å²) in [6.45, 7) is 5.18. The van der Waals surface area contributed by atoms with Crippen molar-refractivity contribution < 1.29 is 4.39 Å². The maximum Gasteiger partial charge on any atom is 0.128 e. The van der Waals surface area contributed by atoms with Crippen molar-refractivity contribution in [3.05, 3.63) is 33.5 Å². The number of fused-ring (bicyclic) bond motifs is 1. The SMILES string of the molecule is CCNC1c2cc(Br)cc(F)c2CSC1C. The molecule has 1 aliphatic rings. The molecule has 1 nitrogen and oxygen atoms in total. The van der Waals surface area contributed by atoms with E-state index in [2.05, 4.69) is 35.1 Å². The smallest absolute Gasteiger partial charge is 0.128 e. The van der Waals surface area contributed by atoms with Gasteiger partial charge in [0.05, 0.1) is 0 Å². The Morgan fingerprint density at radius 2 is 2.31 bits per heavy atom. The molecule has 0 saturated heterocycles. The first kappa shape index (κ1) is 12.4. The van der Waals surface area contributed by atoms with Crippen molar-refractivity contribution in [3.8, 4) is 0 Å². The van der Waals surface area contributed by atoms with Gasteiger partial charge in [-0.3, -0.25) is 0 Å². The Morgan fingerprint density at radius 1 is 1.56 bits per heavy atom. The van der Waals surface area contributed by atoms with Crippen molar-refractivity contribution in [1.82, 2.24) is 5.32 Å². The van der Waals surface area contributed by atoms with E-state index in [0.717, 1.165) is 27.9 Å². The van der Waals surface area contributed by atoms with Gasteiger partial charge in [-0.25, -0.2) is 4.39 Å². The van der Waals surface area contributed by atoms with E-state index in [1.54, 1.807) is 6.07 Å².